The molecular formula is C24H17BrFNO3S. The lowest BCUT2D eigenvalue weighted by atomic mass is 10.2. The molecule has 4 rings (SSSR count). The number of amides is 2. The van der Waals surface area contributed by atoms with E-state index in [0.717, 1.165) is 27.4 Å². The summed E-state index contributed by atoms with van der Waals surface area (Å²) < 4.78 is 20.4. The van der Waals surface area contributed by atoms with Crippen molar-refractivity contribution in [2.24, 2.45) is 0 Å². The highest BCUT2D eigenvalue weighted by Crippen LogP contribution is 2.34. The van der Waals surface area contributed by atoms with Crippen LogP contribution in [-0.2, 0) is 17.9 Å². The largest absolute Gasteiger partial charge is 0.489 e. The molecule has 0 radical (unpaired) electrons. The number of hydrogen-bond acceptors (Lipinski definition) is 4. The minimum absolute atomic E-state index is 0.0971. The van der Waals surface area contributed by atoms with Gasteiger partial charge in [0.25, 0.3) is 11.1 Å². The molecule has 1 heterocycles. The lowest BCUT2D eigenvalue weighted by molar-refractivity contribution is -0.123. The van der Waals surface area contributed by atoms with Gasteiger partial charge in [-0.3, -0.25) is 14.5 Å². The van der Waals surface area contributed by atoms with Gasteiger partial charge in [0, 0.05) is 10.0 Å². The summed E-state index contributed by atoms with van der Waals surface area (Å²) >= 11 is 4.29. The predicted molar refractivity (Wildman–Crippen MR) is 123 cm³/mol. The van der Waals surface area contributed by atoms with E-state index >= 15 is 0 Å². The summed E-state index contributed by atoms with van der Waals surface area (Å²) in [5, 5.41) is -0.300. The number of carbonyl (C=O) groups is 2. The average molecular weight is 498 g/mol. The van der Waals surface area contributed by atoms with Crippen LogP contribution in [0.1, 0.15) is 16.7 Å². The molecule has 0 aliphatic carbocycles. The molecule has 3 aromatic rings. The highest BCUT2D eigenvalue weighted by molar-refractivity contribution is 9.10. The summed E-state index contributed by atoms with van der Waals surface area (Å²) in [6, 6.07) is 21.0. The Hall–Kier alpha value is -2.90. The number of benzene rings is 3. The maximum atomic E-state index is 13.8. The van der Waals surface area contributed by atoms with Crippen LogP contribution in [-0.4, -0.2) is 16.0 Å². The second kappa shape index (κ2) is 9.49. The van der Waals surface area contributed by atoms with Crippen LogP contribution in [0.25, 0.3) is 6.08 Å². The van der Waals surface area contributed by atoms with Crippen LogP contribution in [0.4, 0.5) is 9.18 Å². The molecule has 0 bridgehead atoms. The molecule has 2 amide bonds. The van der Waals surface area contributed by atoms with Crippen molar-refractivity contribution in [3.05, 3.63) is 105 Å². The molecule has 156 valence electrons. The number of nitrogens with zero attached hydrogens (tertiary/aromatic N) is 1. The highest BCUT2D eigenvalue weighted by atomic mass is 79.9. The minimum atomic E-state index is -0.324. The van der Waals surface area contributed by atoms with Gasteiger partial charge >= 0.3 is 0 Å². The third-order valence-corrected chi connectivity index (χ3v) is 6.07. The first-order valence-corrected chi connectivity index (χ1v) is 11.1. The normalized spacial score (nSPS) is 15.0. The number of halogens is 2. The van der Waals surface area contributed by atoms with Crippen LogP contribution in [0.2, 0.25) is 0 Å². The molecule has 0 saturated carbocycles. The van der Waals surface area contributed by atoms with Gasteiger partial charge in [0.2, 0.25) is 0 Å². The van der Waals surface area contributed by atoms with Crippen molar-refractivity contribution in [1.29, 1.82) is 0 Å². The SMILES string of the molecule is O=C1S/C(=C\c2cccc(OCc3ccccc3F)c2)C(=O)N1Cc1ccc(Br)cc1. The maximum Gasteiger partial charge on any atom is 0.293 e. The highest BCUT2D eigenvalue weighted by Gasteiger charge is 2.34. The van der Waals surface area contributed by atoms with E-state index in [4.69, 9.17) is 4.74 Å². The van der Waals surface area contributed by atoms with E-state index in [9.17, 15) is 14.0 Å². The second-order valence-electron chi connectivity index (χ2n) is 6.85. The van der Waals surface area contributed by atoms with Crippen molar-refractivity contribution < 1.29 is 18.7 Å². The van der Waals surface area contributed by atoms with Gasteiger partial charge in [0.05, 0.1) is 11.4 Å². The van der Waals surface area contributed by atoms with Crippen molar-refractivity contribution in [1.82, 2.24) is 4.90 Å². The Balaban J connectivity index is 1.46. The molecule has 31 heavy (non-hydrogen) atoms. The summed E-state index contributed by atoms with van der Waals surface area (Å²) in [5.74, 6) is -0.0974. The van der Waals surface area contributed by atoms with E-state index in [1.54, 1.807) is 42.5 Å². The topological polar surface area (TPSA) is 46.6 Å². The number of thioether (sulfide) groups is 1. The first kappa shape index (κ1) is 21.3. The molecule has 7 heteroatoms. The van der Waals surface area contributed by atoms with Gasteiger partial charge in [-0.15, -0.1) is 0 Å². The van der Waals surface area contributed by atoms with Crippen molar-refractivity contribution >= 4 is 44.9 Å². The lowest BCUT2D eigenvalue weighted by Gasteiger charge is -2.12. The third-order valence-electron chi connectivity index (χ3n) is 4.64. The van der Waals surface area contributed by atoms with Gasteiger partial charge in [0.15, 0.2) is 0 Å². The monoisotopic (exact) mass is 497 g/mol. The van der Waals surface area contributed by atoms with Gasteiger partial charge in [-0.05, 0) is 59.3 Å². The second-order valence-corrected chi connectivity index (χ2v) is 8.76. The Labute approximate surface area is 191 Å². The predicted octanol–water partition coefficient (Wildman–Crippen LogP) is 6.40. The molecule has 1 aliphatic heterocycles. The molecule has 1 aliphatic rings. The Morgan fingerprint density at radius 2 is 1.77 bits per heavy atom. The fourth-order valence-corrected chi connectivity index (χ4v) is 4.13. The molecule has 1 fully saturated rings. The van der Waals surface area contributed by atoms with Gasteiger partial charge in [-0.2, -0.15) is 0 Å². The van der Waals surface area contributed by atoms with E-state index in [1.807, 2.05) is 30.3 Å². The average Bonchev–Trinajstić information content (AvgIpc) is 3.02. The number of rotatable bonds is 6. The molecule has 3 aromatic carbocycles. The van der Waals surface area contributed by atoms with Crippen molar-refractivity contribution in [3.63, 3.8) is 0 Å². The molecule has 0 spiro atoms. The third kappa shape index (κ3) is 5.24. The van der Waals surface area contributed by atoms with Gasteiger partial charge < -0.3 is 4.74 Å². The van der Waals surface area contributed by atoms with Crippen LogP contribution in [0.5, 0.6) is 5.75 Å². The summed E-state index contributed by atoms with van der Waals surface area (Å²) in [4.78, 5) is 26.7. The van der Waals surface area contributed by atoms with E-state index in [0.29, 0.717) is 16.2 Å². The van der Waals surface area contributed by atoms with E-state index in [2.05, 4.69) is 15.9 Å². The zero-order valence-corrected chi connectivity index (χ0v) is 18.7. The molecular weight excluding hydrogens is 481 g/mol. The molecule has 4 nitrogen and oxygen atoms in total. The quantitative estimate of drug-likeness (QED) is 0.369. The van der Waals surface area contributed by atoms with Crippen molar-refractivity contribution in [2.45, 2.75) is 13.2 Å². The summed E-state index contributed by atoms with van der Waals surface area (Å²) in [7, 11) is 0. The number of carbonyl (C=O) groups excluding carboxylic acids is 2. The van der Waals surface area contributed by atoms with Gasteiger partial charge in [-0.1, -0.05) is 58.4 Å². The smallest absolute Gasteiger partial charge is 0.293 e. The summed E-state index contributed by atoms with van der Waals surface area (Å²) in [5.41, 5.74) is 2.05. The van der Waals surface area contributed by atoms with Crippen LogP contribution in [0, 0.1) is 5.82 Å². The van der Waals surface area contributed by atoms with Crippen molar-refractivity contribution in [2.75, 3.05) is 0 Å². The first-order valence-electron chi connectivity index (χ1n) is 9.46. The first-order chi connectivity index (χ1) is 15.0. The molecule has 0 N–H and O–H groups in total. The van der Waals surface area contributed by atoms with Crippen LogP contribution >= 0.6 is 27.7 Å². The zero-order chi connectivity index (χ0) is 21.8. The van der Waals surface area contributed by atoms with Gasteiger partial charge in [0.1, 0.15) is 18.2 Å². The number of hydrogen-bond donors (Lipinski definition) is 0. The minimum Gasteiger partial charge on any atom is -0.489 e. The van der Waals surface area contributed by atoms with Crippen LogP contribution in [0.3, 0.4) is 0 Å². The van der Waals surface area contributed by atoms with E-state index in [-0.39, 0.29) is 30.1 Å². The standard InChI is InChI=1S/C24H17BrFNO3S/c25-19-10-8-16(9-11-19)14-27-23(28)22(31-24(27)29)13-17-4-3-6-20(12-17)30-15-18-5-1-2-7-21(18)26/h1-13H,14-15H2/b22-13-. The maximum absolute atomic E-state index is 13.8. The van der Waals surface area contributed by atoms with Gasteiger partial charge in [-0.25, -0.2) is 4.39 Å². The Bertz CT molecular complexity index is 1160. The summed E-state index contributed by atoms with van der Waals surface area (Å²) in [6.45, 7) is 0.320. The molecule has 0 unspecified atom stereocenters. The van der Waals surface area contributed by atoms with Crippen LogP contribution in [0.15, 0.2) is 82.2 Å². The fourth-order valence-electron chi connectivity index (χ4n) is 3.03. The molecule has 0 aromatic heterocycles. The molecule has 1 saturated heterocycles. The van der Waals surface area contributed by atoms with Crippen molar-refractivity contribution in [3.8, 4) is 5.75 Å². The number of imide groups is 1. The number of ether oxygens (including phenoxy) is 1. The Morgan fingerprint density at radius 3 is 2.55 bits per heavy atom. The van der Waals surface area contributed by atoms with E-state index in [1.165, 1.54) is 11.0 Å². The lowest BCUT2D eigenvalue weighted by Crippen LogP contribution is -2.27. The molecule has 0 atom stereocenters. The fraction of sp³-hybridized carbons (Fsp3) is 0.0833. The Kier molecular flexibility index (Phi) is 6.53. The zero-order valence-electron chi connectivity index (χ0n) is 16.3. The Morgan fingerprint density at radius 1 is 1.00 bits per heavy atom. The van der Waals surface area contributed by atoms with E-state index < -0.39 is 0 Å². The van der Waals surface area contributed by atoms with Crippen LogP contribution < -0.4 is 4.74 Å². The summed E-state index contributed by atoms with van der Waals surface area (Å²) in [6.07, 6.45) is 1.67.